The van der Waals surface area contributed by atoms with Gasteiger partial charge in [0.1, 0.15) is 5.01 Å². The van der Waals surface area contributed by atoms with E-state index in [1.54, 1.807) is 11.3 Å². The minimum Gasteiger partial charge on any atom is -0.307 e. The van der Waals surface area contributed by atoms with Gasteiger partial charge in [-0.25, -0.2) is 4.98 Å². The largest absolute Gasteiger partial charge is 0.307 e. The number of carbonyl (C=O) groups excluding carboxylic acids is 1. The molecule has 3 nitrogen and oxygen atoms in total. The summed E-state index contributed by atoms with van der Waals surface area (Å²) in [6.07, 6.45) is 1.38. The predicted octanol–water partition coefficient (Wildman–Crippen LogP) is 2.85. The summed E-state index contributed by atoms with van der Waals surface area (Å²) in [5.74, 6) is 0.237. The highest BCUT2D eigenvalue weighted by atomic mass is 35.5. The topological polar surface area (TPSA) is 42.0 Å². The van der Waals surface area contributed by atoms with Gasteiger partial charge in [-0.15, -0.1) is 23.7 Å². The van der Waals surface area contributed by atoms with Crippen molar-refractivity contribution in [3.8, 4) is 0 Å². The molecule has 1 saturated heterocycles. The lowest BCUT2D eigenvalue weighted by molar-refractivity contribution is -0.121. The van der Waals surface area contributed by atoms with E-state index in [9.17, 15) is 4.79 Å². The number of aromatic nitrogens is 1. The molecule has 1 aliphatic heterocycles. The van der Waals surface area contributed by atoms with E-state index in [0.717, 1.165) is 28.2 Å². The van der Waals surface area contributed by atoms with Crippen molar-refractivity contribution >= 4 is 51.3 Å². The number of carbonyl (C=O) groups is 1. The molecule has 2 aromatic rings. The van der Waals surface area contributed by atoms with E-state index in [1.165, 1.54) is 0 Å². The van der Waals surface area contributed by atoms with Crippen molar-refractivity contribution in [3.05, 3.63) is 28.2 Å². The normalized spacial score (nSPS) is 18.2. The third kappa shape index (κ3) is 2.67. The fourth-order valence-corrected chi connectivity index (χ4v) is 2.98. The van der Waals surface area contributed by atoms with Crippen LogP contribution < -0.4 is 5.32 Å². The second-order valence-corrected chi connectivity index (χ2v) is 5.71. The van der Waals surface area contributed by atoms with Crippen molar-refractivity contribution in [3.63, 3.8) is 0 Å². The smallest absolute Gasteiger partial charge is 0.156 e. The van der Waals surface area contributed by atoms with Gasteiger partial charge in [0.15, 0.2) is 5.78 Å². The van der Waals surface area contributed by atoms with Gasteiger partial charge in [0.25, 0.3) is 0 Å². The molecule has 1 atom stereocenters. The summed E-state index contributed by atoms with van der Waals surface area (Å²) in [5, 5.41) is 4.67. The SMILES string of the molecule is Cl.O=C(Cc1nc2cc(Cl)ccc2s1)[C@@H]1CCN1. The summed E-state index contributed by atoms with van der Waals surface area (Å²) in [7, 11) is 0. The number of thiazole rings is 1. The molecular weight excluding hydrogens is 291 g/mol. The maximum Gasteiger partial charge on any atom is 0.156 e. The Labute approximate surface area is 120 Å². The summed E-state index contributed by atoms with van der Waals surface area (Å²) in [6, 6.07) is 5.68. The average Bonchev–Trinajstić information content (AvgIpc) is 2.55. The van der Waals surface area contributed by atoms with Gasteiger partial charge in [0.2, 0.25) is 0 Å². The molecule has 0 bridgehead atoms. The lowest BCUT2D eigenvalue weighted by atomic mass is 10.0. The molecule has 6 heteroatoms. The number of halogens is 2. The third-order valence-corrected chi connectivity index (χ3v) is 4.20. The molecule has 0 spiro atoms. The van der Waals surface area contributed by atoms with Gasteiger partial charge in [-0.3, -0.25) is 4.79 Å². The molecule has 0 radical (unpaired) electrons. The van der Waals surface area contributed by atoms with Crippen LogP contribution in [0.15, 0.2) is 18.2 Å². The van der Waals surface area contributed by atoms with Crippen molar-refractivity contribution in [1.82, 2.24) is 10.3 Å². The second-order valence-electron chi connectivity index (χ2n) is 4.16. The number of nitrogens with one attached hydrogen (secondary N) is 1. The van der Waals surface area contributed by atoms with Gasteiger partial charge >= 0.3 is 0 Å². The lowest BCUT2D eigenvalue weighted by Crippen LogP contribution is -2.49. The van der Waals surface area contributed by atoms with Crippen LogP contribution in [0, 0.1) is 0 Å². The zero-order valence-electron chi connectivity index (χ0n) is 9.48. The van der Waals surface area contributed by atoms with Crippen LogP contribution in [-0.4, -0.2) is 23.4 Å². The standard InChI is InChI=1S/C12H11ClN2OS.ClH/c13-7-1-2-11-9(5-7)15-12(17-11)6-10(16)8-3-4-14-8;/h1-2,5,8,14H,3-4,6H2;1H/t8-;/m0./s1. The van der Waals surface area contributed by atoms with Crippen molar-refractivity contribution in [2.75, 3.05) is 6.54 Å². The van der Waals surface area contributed by atoms with Crippen LogP contribution >= 0.6 is 35.3 Å². The maximum absolute atomic E-state index is 11.8. The Kier molecular flexibility index (Phi) is 4.22. The molecule has 0 aliphatic carbocycles. The Morgan fingerprint density at radius 3 is 3.00 bits per heavy atom. The molecular formula is C12H12Cl2N2OS. The van der Waals surface area contributed by atoms with Gasteiger partial charge in [0, 0.05) is 5.02 Å². The summed E-state index contributed by atoms with van der Waals surface area (Å²) >= 11 is 7.47. The Hall–Kier alpha value is -0.680. The van der Waals surface area contributed by atoms with Gasteiger partial charge in [-0.2, -0.15) is 0 Å². The van der Waals surface area contributed by atoms with Crippen LogP contribution in [0.1, 0.15) is 11.4 Å². The predicted molar refractivity (Wildman–Crippen MR) is 77.0 cm³/mol. The zero-order valence-corrected chi connectivity index (χ0v) is 11.9. The first-order chi connectivity index (χ1) is 8.22. The quantitative estimate of drug-likeness (QED) is 0.948. The maximum atomic E-state index is 11.8. The van der Waals surface area contributed by atoms with E-state index in [1.807, 2.05) is 18.2 Å². The molecule has 2 heterocycles. The van der Waals surface area contributed by atoms with E-state index in [0.29, 0.717) is 11.4 Å². The molecule has 1 fully saturated rings. The van der Waals surface area contributed by atoms with Crippen LogP contribution in [0.2, 0.25) is 5.02 Å². The van der Waals surface area contributed by atoms with Crippen LogP contribution in [0.4, 0.5) is 0 Å². The first-order valence-corrected chi connectivity index (χ1v) is 6.73. The highest BCUT2D eigenvalue weighted by Gasteiger charge is 2.25. The number of hydrogen-bond acceptors (Lipinski definition) is 4. The molecule has 0 amide bonds. The van der Waals surface area contributed by atoms with Crippen molar-refractivity contribution < 1.29 is 4.79 Å². The summed E-state index contributed by atoms with van der Waals surface area (Å²) < 4.78 is 1.08. The van der Waals surface area contributed by atoms with Crippen molar-refractivity contribution in [1.29, 1.82) is 0 Å². The van der Waals surface area contributed by atoms with Gasteiger partial charge in [0.05, 0.1) is 22.7 Å². The Morgan fingerprint density at radius 2 is 2.33 bits per heavy atom. The van der Waals surface area contributed by atoms with Crippen LogP contribution in [-0.2, 0) is 11.2 Å². The fourth-order valence-electron chi connectivity index (χ4n) is 1.86. The fraction of sp³-hybridized carbons (Fsp3) is 0.333. The van der Waals surface area contributed by atoms with E-state index in [4.69, 9.17) is 11.6 Å². The zero-order chi connectivity index (χ0) is 11.8. The van der Waals surface area contributed by atoms with Crippen LogP contribution in [0.3, 0.4) is 0 Å². The van der Waals surface area contributed by atoms with Crippen molar-refractivity contribution in [2.24, 2.45) is 0 Å². The molecule has 18 heavy (non-hydrogen) atoms. The number of rotatable bonds is 3. The van der Waals surface area contributed by atoms with E-state index < -0.39 is 0 Å². The highest BCUT2D eigenvalue weighted by Crippen LogP contribution is 2.25. The minimum atomic E-state index is 0. The molecule has 1 aromatic carbocycles. The van der Waals surface area contributed by atoms with Gasteiger partial charge < -0.3 is 5.32 Å². The summed E-state index contributed by atoms with van der Waals surface area (Å²) in [4.78, 5) is 16.3. The summed E-state index contributed by atoms with van der Waals surface area (Å²) in [5.41, 5.74) is 0.881. The summed E-state index contributed by atoms with van der Waals surface area (Å²) in [6.45, 7) is 0.950. The van der Waals surface area contributed by atoms with E-state index >= 15 is 0 Å². The molecule has 0 saturated carbocycles. The second kappa shape index (κ2) is 5.53. The molecule has 0 unspecified atom stereocenters. The lowest BCUT2D eigenvalue weighted by Gasteiger charge is -2.25. The molecule has 1 N–H and O–H groups in total. The van der Waals surface area contributed by atoms with Crippen LogP contribution in [0.5, 0.6) is 0 Å². The molecule has 1 aliphatic rings. The first kappa shape index (κ1) is 13.7. The number of Topliss-reactive ketones (excluding diaryl/α,β-unsaturated/α-hetero) is 1. The molecule has 96 valence electrons. The van der Waals surface area contributed by atoms with E-state index in [-0.39, 0.29) is 24.2 Å². The Bertz CT molecular complexity index is 580. The average molecular weight is 303 g/mol. The number of ketones is 1. The monoisotopic (exact) mass is 302 g/mol. The molecule has 1 aromatic heterocycles. The number of fused-ring (bicyclic) bond motifs is 1. The third-order valence-electron chi connectivity index (χ3n) is 2.93. The van der Waals surface area contributed by atoms with Gasteiger partial charge in [-0.1, -0.05) is 11.6 Å². The molecule has 3 rings (SSSR count). The van der Waals surface area contributed by atoms with Crippen molar-refractivity contribution in [2.45, 2.75) is 18.9 Å². The number of benzene rings is 1. The minimum absolute atomic E-state index is 0. The Morgan fingerprint density at radius 1 is 1.56 bits per heavy atom. The van der Waals surface area contributed by atoms with Crippen LogP contribution in [0.25, 0.3) is 10.2 Å². The Balaban J connectivity index is 0.00000120. The first-order valence-electron chi connectivity index (χ1n) is 5.53. The number of hydrogen-bond donors (Lipinski definition) is 1. The van der Waals surface area contributed by atoms with Gasteiger partial charge in [-0.05, 0) is 31.2 Å². The highest BCUT2D eigenvalue weighted by molar-refractivity contribution is 7.18. The van der Waals surface area contributed by atoms with E-state index in [2.05, 4.69) is 10.3 Å². The number of nitrogens with zero attached hydrogens (tertiary/aromatic N) is 1.